The number of carbonyl (C=O) groups excluding carboxylic acids is 1. The maximum atomic E-state index is 12.6. The van der Waals surface area contributed by atoms with Crippen molar-refractivity contribution in [2.24, 2.45) is 5.73 Å². The molecule has 8 heteroatoms. The van der Waals surface area contributed by atoms with Crippen LogP contribution in [0.25, 0.3) is 0 Å². The first-order valence-corrected chi connectivity index (χ1v) is 8.81. The Balaban J connectivity index is 2.26. The largest absolute Gasteiger partial charge is 0.369 e. The maximum absolute atomic E-state index is 12.6. The van der Waals surface area contributed by atoms with Crippen LogP contribution in [0.2, 0.25) is 0 Å². The molecule has 6 nitrogen and oxygen atoms in total. The Labute approximate surface area is 133 Å². The molecule has 0 atom stereocenters. The number of primary amides is 1. The Morgan fingerprint density at radius 2 is 1.95 bits per heavy atom. The number of thiazole rings is 1. The lowest BCUT2D eigenvalue weighted by Gasteiger charge is -2.16. The summed E-state index contributed by atoms with van der Waals surface area (Å²) in [4.78, 5) is 15.1. The third kappa shape index (κ3) is 3.70. The van der Waals surface area contributed by atoms with Crippen molar-refractivity contribution in [1.82, 2.24) is 9.29 Å². The van der Waals surface area contributed by atoms with Crippen molar-refractivity contribution in [3.05, 3.63) is 46.6 Å². The van der Waals surface area contributed by atoms with Crippen molar-refractivity contribution in [3.63, 3.8) is 0 Å². The van der Waals surface area contributed by atoms with E-state index in [0.29, 0.717) is 10.7 Å². The molecule has 2 rings (SSSR count). The lowest BCUT2D eigenvalue weighted by Crippen LogP contribution is -2.26. The predicted octanol–water partition coefficient (Wildman–Crippen LogP) is 1.30. The first-order chi connectivity index (χ1) is 10.3. The highest BCUT2D eigenvalue weighted by Crippen LogP contribution is 2.27. The van der Waals surface area contributed by atoms with Gasteiger partial charge >= 0.3 is 0 Å². The highest BCUT2D eigenvalue weighted by Gasteiger charge is 2.26. The van der Waals surface area contributed by atoms with Crippen molar-refractivity contribution >= 4 is 27.3 Å². The quantitative estimate of drug-likeness (QED) is 0.858. The smallest absolute Gasteiger partial charge is 0.254 e. The third-order valence-electron chi connectivity index (χ3n) is 3.02. The molecule has 0 radical (unpaired) electrons. The zero-order valence-corrected chi connectivity index (χ0v) is 13.9. The maximum Gasteiger partial charge on any atom is 0.254 e. The summed E-state index contributed by atoms with van der Waals surface area (Å²) in [7, 11) is -2.12. The minimum Gasteiger partial charge on any atom is -0.369 e. The van der Waals surface area contributed by atoms with Gasteiger partial charge in [0, 0.05) is 13.6 Å². The van der Waals surface area contributed by atoms with Crippen LogP contribution in [-0.4, -0.2) is 30.7 Å². The van der Waals surface area contributed by atoms with Gasteiger partial charge in [-0.2, -0.15) is 4.31 Å². The van der Waals surface area contributed by atoms with E-state index in [1.165, 1.54) is 11.4 Å². The Bertz CT molecular complexity index is 770. The lowest BCUT2D eigenvalue weighted by atomic mass is 10.2. The summed E-state index contributed by atoms with van der Waals surface area (Å²) in [5.41, 5.74) is 6.41. The summed E-state index contributed by atoms with van der Waals surface area (Å²) in [6.45, 7) is 1.88. The fraction of sp³-hybridized carbons (Fsp3) is 0.286. The third-order valence-corrected chi connectivity index (χ3v) is 6.56. The molecule has 0 unspecified atom stereocenters. The fourth-order valence-corrected chi connectivity index (χ4v) is 4.88. The number of rotatable bonds is 6. The van der Waals surface area contributed by atoms with Crippen LogP contribution < -0.4 is 5.73 Å². The van der Waals surface area contributed by atoms with Gasteiger partial charge in [-0.1, -0.05) is 30.3 Å². The molecule has 22 heavy (non-hydrogen) atoms. The molecule has 0 aliphatic rings. The summed E-state index contributed by atoms with van der Waals surface area (Å²) in [5, 5.41) is 0.414. The van der Waals surface area contributed by atoms with Gasteiger partial charge in [-0.05, 0) is 12.5 Å². The molecule has 0 fully saturated rings. The van der Waals surface area contributed by atoms with Gasteiger partial charge in [0.1, 0.15) is 5.01 Å². The summed E-state index contributed by atoms with van der Waals surface area (Å²) >= 11 is 0.992. The average Bonchev–Trinajstić information content (AvgIpc) is 2.80. The molecule has 0 aliphatic heterocycles. The minimum atomic E-state index is -3.65. The van der Waals surface area contributed by atoms with Crippen molar-refractivity contribution in [2.75, 3.05) is 7.05 Å². The van der Waals surface area contributed by atoms with Gasteiger partial charge < -0.3 is 5.73 Å². The van der Waals surface area contributed by atoms with E-state index < -0.39 is 15.9 Å². The highest BCUT2D eigenvalue weighted by atomic mass is 32.2. The van der Waals surface area contributed by atoms with Crippen LogP contribution >= 0.6 is 11.3 Å². The number of aryl methyl sites for hydroxylation is 1. The second kappa shape index (κ2) is 6.55. The van der Waals surface area contributed by atoms with Crippen LogP contribution in [0.15, 0.2) is 34.5 Å². The van der Waals surface area contributed by atoms with Crippen LogP contribution in [0.1, 0.15) is 16.3 Å². The topological polar surface area (TPSA) is 93.4 Å². The average molecular weight is 339 g/mol. The van der Waals surface area contributed by atoms with Gasteiger partial charge in [0.15, 0.2) is 4.21 Å². The molecule has 0 saturated carbocycles. The number of sulfonamides is 1. The Kier molecular flexibility index (Phi) is 4.94. The molecule has 1 aromatic heterocycles. The fourth-order valence-electron chi connectivity index (χ4n) is 1.97. The molecule has 2 N–H and O–H groups in total. The number of nitrogens with zero attached hydrogens (tertiary/aromatic N) is 2. The van der Waals surface area contributed by atoms with Gasteiger partial charge in [-0.15, -0.1) is 11.3 Å². The number of hydrogen-bond donors (Lipinski definition) is 1. The zero-order chi connectivity index (χ0) is 16.3. The van der Waals surface area contributed by atoms with E-state index >= 15 is 0 Å². The summed E-state index contributed by atoms with van der Waals surface area (Å²) in [5.74, 6) is -0.532. The van der Waals surface area contributed by atoms with Crippen LogP contribution in [0.3, 0.4) is 0 Å². The summed E-state index contributed by atoms with van der Waals surface area (Å²) in [6, 6.07) is 9.33. The van der Waals surface area contributed by atoms with E-state index in [9.17, 15) is 13.2 Å². The second-order valence-corrected chi connectivity index (χ2v) is 8.19. The van der Waals surface area contributed by atoms with Crippen LogP contribution in [-0.2, 0) is 27.8 Å². The van der Waals surface area contributed by atoms with Crippen LogP contribution in [0, 0.1) is 6.92 Å². The number of hydrogen-bond acceptors (Lipinski definition) is 5. The lowest BCUT2D eigenvalue weighted by molar-refractivity contribution is -0.117. The van der Waals surface area contributed by atoms with E-state index in [2.05, 4.69) is 4.98 Å². The molecule has 0 aliphatic carbocycles. The first kappa shape index (κ1) is 16.6. The first-order valence-electron chi connectivity index (χ1n) is 6.55. The Morgan fingerprint density at radius 3 is 2.55 bits per heavy atom. The molecule has 118 valence electrons. The molecule has 1 aromatic carbocycles. The molecule has 1 heterocycles. The van der Waals surface area contributed by atoms with Crippen LogP contribution in [0.5, 0.6) is 0 Å². The van der Waals surface area contributed by atoms with Gasteiger partial charge in [0.05, 0.1) is 12.1 Å². The molecule has 2 aromatic rings. The van der Waals surface area contributed by atoms with Gasteiger partial charge in [0.2, 0.25) is 5.91 Å². The summed E-state index contributed by atoms with van der Waals surface area (Å²) in [6.07, 6.45) is -0.0522. The monoisotopic (exact) mass is 339 g/mol. The number of benzene rings is 1. The predicted molar refractivity (Wildman–Crippen MR) is 84.8 cm³/mol. The van der Waals surface area contributed by atoms with Gasteiger partial charge in [-0.3, -0.25) is 4.79 Å². The normalized spacial score (nSPS) is 11.8. The number of aromatic nitrogens is 1. The number of carbonyl (C=O) groups is 1. The molecular weight excluding hydrogens is 322 g/mol. The van der Waals surface area contributed by atoms with Crippen molar-refractivity contribution in [3.8, 4) is 0 Å². The molecule has 0 saturated heterocycles. The van der Waals surface area contributed by atoms with Gasteiger partial charge in [-0.25, -0.2) is 13.4 Å². The van der Waals surface area contributed by atoms with E-state index in [-0.39, 0.29) is 17.2 Å². The summed E-state index contributed by atoms with van der Waals surface area (Å²) < 4.78 is 26.7. The van der Waals surface area contributed by atoms with E-state index in [1.54, 1.807) is 6.92 Å². The van der Waals surface area contributed by atoms with Crippen molar-refractivity contribution in [1.29, 1.82) is 0 Å². The molecular formula is C14H17N3O3S2. The van der Waals surface area contributed by atoms with E-state index in [4.69, 9.17) is 5.73 Å². The van der Waals surface area contributed by atoms with Crippen molar-refractivity contribution < 1.29 is 13.2 Å². The van der Waals surface area contributed by atoms with Gasteiger partial charge in [0.25, 0.3) is 10.0 Å². The minimum absolute atomic E-state index is 0.0522. The number of amides is 1. The molecule has 1 amide bonds. The van der Waals surface area contributed by atoms with Crippen molar-refractivity contribution in [2.45, 2.75) is 24.1 Å². The SMILES string of the molecule is Cc1nc(CC(N)=O)sc1S(=O)(=O)N(C)Cc1ccccc1. The van der Waals surface area contributed by atoms with E-state index in [0.717, 1.165) is 16.9 Å². The Morgan fingerprint density at radius 1 is 1.32 bits per heavy atom. The molecule has 0 spiro atoms. The Hall–Kier alpha value is -1.77. The molecule has 0 bridgehead atoms. The standard InChI is InChI=1S/C14H17N3O3S2/c1-10-14(21-13(16-10)8-12(15)18)22(19,20)17(2)9-11-6-4-3-5-7-11/h3-7H,8-9H2,1-2H3,(H2,15,18). The van der Waals surface area contributed by atoms with E-state index in [1.807, 2.05) is 30.3 Å². The second-order valence-electron chi connectivity index (χ2n) is 4.87. The number of nitrogens with two attached hydrogens (primary N) is 1. The zero-order valence-electron chi connectivity index (χ0n) is 12.3. The highest BCUT2D eigenvalue weighted by molar-refractivity contribution is 7.91. The van der Waals surface area contributed by atoms with Crippen LogP contribution in [0.4, 0.5) is 0 Å².